The molecule has 0 radical (unpaired) electrons. The molecule has 0 aliphatic heterocycles. The van der Waals surface area contributed by atoms with E-state index in [0.29, 0.717) is 45.7 Å². The van der Waals surface area contributed by atoms with Crippen LogP contribution in [-0.4, -0.2) is 42.3 Å². The molecule has 3 N–H and O–H groups in total. The summed E-state index contributed by atoms with van der Waals surface area (Å²) in [5.74, 6) is 0.236. The lowest BCUT2D eigenvalue weighted by Gasteiger charge is -2.17. The molecule has 2 aromatic rings. The lowest BCUT2D eigenvalue weighted by molar-refractivity contribution is -0.706. The number of rotatable bonds is 7. The summed E-state index contributed by atoms with van der Waals surface area (Å²) in [7, 11) is 1.55. The lowest BCUT2D eigenvalue weighted by atomic mass is 9.97. The van der Waals surface area contributed by atoms with Gasteiger partial charge >= 0.3 is 5.97 Å². The van der Waals surface area contributed by atoms with E-state index in [9.17, 15) is 9.59 Å². The number of hydrogen-bond donors (Lipinski definition) is 2. The zero-order chi connectivity index (χ0) is 19.9. The Morgan fingerprint density at radius 1 is 1.21 bits per heavy atom. The van der Waals surface area contributed by atoms with Gasteiger partial charge in [0.2, 0.25) is 0 Å². The minimum atomic E-state index is -0.431. The maximum Gasteiger partial charge on any atom is 0.348 e. The smallest absolute Gasteiger partial charge is 0.348 e. The molecule has 0 amide bonds. The second-order valence-electron chi connectivity index (χ2n) is 7.42. The highest BCUT2D eigenvalue weighted by Crippen LogP contribution is 2.27. The van der Waals surface area contributed by atoms with Crippen molar-refractivity contribution in [1.82, 2.24) is 9.97 Å². The Kier molecular flexibility index (Phi) is 7.58. The first kappa shape index (κ1) is 21.0. The SMILES string of the molecule is COCCOC(=O)c1sc2nc(C[NH2+]C3CCCCCCC3)[nH]c(=O)c2c1C. The number of aryl methyl sites for hydroxylation is 1. The fourth-order valence-corrected chi connectivity index (χ4v) is 4.86. The van der Waals surface area contributed by atoms with Crippen molar-refractivity contribution in [3.63, 3.8) is 0 Å². The molecule has 3 rings (SSSR count). The van der Waals surface area contributed by atoms with Gasteiger partial charge in [-0.05, 0) is 38.2 Å². The summed E-state index contributed by atoms with van der Waals surface area (Å²) < 4.78 is 10.1. The van der Waals surface area contributed by atoms with Gasteiger partial charge in [0.15, 0.2) is 5.82 Å². The van der Waals surface area contributed by atoms with Crippen molar-refractivity contribution < 1.29 is 19.6 Å². The Morgan fingerprint density at radius 3 is 2.64 bits per heavy atom. The summed E-state index contributed by atoms with van der Waals surface area (Å²) in [6, 6.07) is 0.595. The van der Waals surface area contributed by atoms with Crippen LogP contribution in [0.25, 0.3) is 10.2 Å². The van der Waals surface area contributed by atoms with Crippen LogP contribution in [0.5, 0.6) is 0 Å². The molecule has 1 aliphatic rings. The fourth-order valence-electron chi connectivity index (χ4n) is 3.76. The van der Waals surface area contributed by atoms with E-state index in [1.807, 2.05) is 0 Å². The highest BCUT2D eigenvalue weighted by molar-refractivity contribution is 7.20. The van der Waals surface area contributed by atoms with Crippen LogP contribution in [0.4, 0.5) is 0 Å². The molecule has 0 atom stereocenters. The molecule has 0 aromatic carbocycles. The van der Waals surface area contributed by atoms with E-state index in [1.54, 1.807) is 14.0 Å². The Hall–Kier alpha value is -1.77. The van der Waals surface area contributed by atoms with Gasteiger partial charge in [-0.1, -0.05) is 19.3 Å². The average molecular weight is 409 g/mol. The number of ether oxygens (including phenoxy) is 2. The molecular formula is C20H30N3O4S+. The first-order valence-corrected chi connectivity index (χ1v) is 10.9. The van der Waals surface area contributed by atoms with Crippen molar-refractivity contribution in [2.24, 2.45) is 0 Å². The van der Waals surface area contributed by atoms with E-state index in [4.69, 9.17) is 9.47 Å². The molecule has 0 unspecified atom stereocenters. The molecule has 0 spiro atoms. The summed E-state index contributed by atoms with van der Waals surface area (Å²) in [4.78, 5) is 33.4. The number of esters is 1. The number of nitrogens with zero attached hydrogens (tertiary/aromatic N) is 1. The van der Waals surface area contributed by atoms with E-state index >= 15 is 0 Å². The van der Waals surface area contributed by atoms with Crippen LogP contribution >= 0.6 is 11.3 Å². The number of quaternary nitrogens is 1. The number of hydrogen-bond acceptors (Lipinski definition) is 6. The largest absolute Gasteiger partial charge is 0.459 e. The molecule has 8 heteroatoms. The highest BCUT2D eigenvalue weighted by Gasteiger charge is 2.21. The van der Waals surface area contributed by atoms with Gasteiger partial charge in [0.25, 0.3) is 5.56 Å². The van der Waals surface area contributed by atoms with Crippen LogP contribution in [-0.2, 0) is 16.0 Å². The molecule has 1 saturated carbocycles. The Bertz CT molecular complexity index is 853. The van der Waals surface area contributed by atoms with Crippen LogP contribution in [0.3, 0.4) is 0 Å². The minimum absolute atomic E-state index is 0.184. The Labute approximate surface area is 168 Å². The third kappa shape index (κ3) is 5.18. The second-order valence-corrected chi connectivity index (χ2v) is 8.42. The molecule has 28 heavy (non-hydrogen) atoms. The number of thiophene rings is 1. The van der Waals surface area contributed by atoms with Crippen LogP contribution in [0.1, 0.15) is 66.0 Å². The van der Waals surface area contributed by atoms with Gasteiger partial charge in [-0.15, -0.1) is 11.3 Å². The number of nitrogens with one attached hydrogen (secondary N) is 1. The normalized spacial score (nSPS) is 16.1. The third-order valence-electron chi connectivity index (χ3n) is 5.35. The van der Waals surface area contributed by atoms with Crippen molar-refractivity contribution >= 4 is 27.5 Å². The number of methoxy groups -OCH3 is 1. The predicted molar refractivity (Wildman–Crippen MR) is 109 cm³/mol. The monoisotopic (exact) mass is 408 g/mol. The molecular weight excluding hydrogens is 378 g/mol. The van der Waals surface area contributed by atoms with E-state index in [1.165, 1.54) is 56.3 Å². The van der Waals surface area contributed by atoms with Crippen molar-refractivity contribution in [3.8, 4) is 0 Å². The van der Waals surface area contributed by atoms with E-state index in [-0.39, 0.29) is 12.2 Å². The summed E-state index contributed by atoms with van der Waals surface area (Å²) in [6.45, 7) is 2.95. The summed E-state index contributed by atoms with van der Waals surface area (Å²) in [6.07, 6.45) is 9.01. The minimum Gasteiger partial charge on any atom is -0.459 e. The molecule has 1 fully saturated rings. The van der Waals surface area contributed by atoms with E-state index in [0.717, 1.165) is 0 Å². The highest BCUT2D eigenvalue weighted by atomic mass is 32.1. The molecule has 1 aliphatic carbocycles. The van der Waals surface area contributed by atoms with Crippen LogP contribution < -0.4 is 10.9 Å². The zero-order valence-corrected chi connectivity index (χ0v) is 17.5. The van der Waals surface area contributed by atoms with Gasteiger partial charge in [-0.2, -0.15) is 0 Å². The van der Waals surface area contributed by atoms with Gasteiger partial charge in [0, 0.05) is 7.11 Å². The van der Waals surface area contributed by atoms with Crippen LogP contribution in [0, 0.1) is 6.92 Å². The molecule has 7 nitrogen and oxygen atoms in total. The fraction of sp³-hybridized carbons (Fsp3) is 0.650. The molecule has 0 saturated heterocycles. The van der Waals surface area contributed by atoms with Crippen LogP contribution in [0.2, 0.25) is 0 Å². The quantitative estimate of drug-likeness (QED) is 0.541. The zero-order valence-electron chi connectivity index (χ0n) is 16.7. The number of H-pyrrole nitrogens is 1. The van der Waals surface area contributed by atoms with Gasteiger partial charge in [-0.3, -0.25) is 4.79 Å². The first-order chi connectivity index (χ1) is 13.6. The van der Waals surface area contributed by atoms with Crippen molar-refractivity contribution in [2.75, 3.05) is 20.3 Å². The Morgan fingerprint density at radius 2 is 1.93 bits per heavy atom. The van der Waals surface area contributed by atoms with Crippen molar-refractivity contribution in [2.45, 2.75) is 64.5 Å². The molecule has 2 aromatic heterocycles. The van der Waals surface area contributed by atoms with E-state index in [2.05, 4.69) is 15.3 Å². The number of nitrogens with two attached hydrogens (primary N) is 1. The predicted octanol–water partition coefficient (Wildman–Crippen LogP) is 2.27. The van der Waals surface area contributed by atoms with Gasteiger partial charge < -0.3 is 19.8 Å². The van der Waals surface area contributed by atoms with Crippen molar-refractivity contribution in [1.29, 1.82) is 0 Å². The van der Waals surface area contributed by atoms with Gasteiger partial charge in [0.05, 0.1) is 18.0 Å². The topological polar surface area (TPSA) is 97.9 Å². The average Bonchev–Trinajstić information content (AvgIpc) is 2.98. The second kappa shape index (κ2) is 10.1. The van der Waals surface area contributed by atoms with E-state index < -0.39 is 5.97 Å². The van der Waals surface area contributed by atoms with Gasteiger partial charge in [0.1, 0.15) is 22.9 Å². The van der Waals surface area contributed by atoms with Crippen molar-refractivity contribution in [3.05, 3.63) is 26.6 Å². The lowest BCUT2D eigenvalue weighted by Crippen LogP contribution is -2.88. The first-order valence-electron chi connectivity index (χ1n) is 10.1. The van der Waals surface area contributed by atoms with Gasteiger partial charge in [-0.25, -0.2) is 9.78 Å². The molecule has 2 heterocycles. The molecule has 0 bridgehead atoms. The number of carbonyl (C=O) groups excluding carboxylic acids is 1. The standard InChI is InChI=1S/C20H29N3O4S/c1-13-16-18(24)22-15(12-21-14-8-6-4-3-5-7-9-14)23-19(16)28-17(13)20(25)27-11-10-26-2/h14,21H,3-12H2,1-2H3,(H,22,23,24)/p+1. The number of carbonyl (C=O) groups is 1. The molecule has 154 valence electrons. The summed E-state index contributed by atoms with van der Waals surface area (Å²) >= 11 is 1.23. The Balaban J connectivity index is 1.72. The maximum atomic E-state index is 12.6. The van der Waals surface area contributed by atoms with Crippen LogP contribution in [0.15, 0.2) is 4.79 Å². The maximum absolute atomic E-state index is 12.6. The number of aromatic amines is 1. The summed E-state index contributed by atoms with van der Waals surface area (Å²) in [5.41, 5.74) is 0.447. The number of aromatic nitrogens is 2. The number of fused-ring (bicyclic) bond motifs is 1. The third-order valence-corrected chi connectivity index (χ3v) is 6.52. The summed E-state index contributed by atoms with van der Waals surface area (Å²) in [5, 5.41) is 2.79.